The predicted molar refractivity (Wildman–Crippen MR) is 37.7 cm³/mol. The molecule has 0 aromatic heterocycles. The molecule has 1 aliphatic heterocycles. The number of rotatable bonds is 1. The molecular formula is C6H5ClFNO2. The summed E-state index contributed by atoms with van der Waals surface area (Å²) in [5.41, 5.74) is 0. The van der Waals surface area contributed by atoms with Crippen LogP contribution in [0, 0.1) is 0 Å². The highest BCUT2D eigenvalue weighted by Crippen LogP contribution is 2.25. The molecule has 0 bridgehead atoms. The number of dihydropyridines is 1. The Morgan fingerprint density at radius 2 is 2.45 bits per heavy atom. The van der Waals surface area contributed by atoms with Crippen molar-refractivity contribution in [3.63, 3.8) is 0 Å². The monoisotopic (exact) mass is 177 g/mol. The summed E-state index contributed by atoms with van der Waals surface area (Å²) in [4.78, 5) is 8.26. The summed E-state index contributed by atoms with van der Waals surface area (Å²) in [6.45, 7) is 0. The van der Waals surface area contributed by atoms with E-state index < -0.39 is 16.8 Å². The molecule has 0 spiro atoms. The average molecular weight is 178 g/mol. The predicted octanol–water partition coefficient (Wildman–Crippen LogP) is 0.976. The van der Waals surface area contributed by atoms with Gasteiger partial charge in [0.2, 0.25) is 0 Å². The van der Waals surface area contributed by atoms with Crippen molar-refractivity contribution in [2.75, 3.05) is 0 Å². The maximum absolute atomic E-state index is 12.7. The lowest BCUT2D eigenvalue weighted by Gasteiger charge is -2.22. The molecule has 5 heteroatoms. The SMILES string of the molecule is O=C(O)C1(Cl)NC=CC=C1F. The van der Waals surface area contributed by atoms with Gasteiger partial charge in [-0.1, -0.05) is 11.6 Å². The number of carbonyl (C=O) groups is 1. The van der Waals surface area contributed by atoms with E-state index in [0.29, 0.717) is 0 Å². The van der Waals surface area contributed by atoms with Crippen LogP contribution in [0.5, 0.6) is 0 Å². The number of alkyl halides is 1. The van der Waals surface area contributed by atoms with Crippen molar-refractivity contribution >= 4 is 17.6 Å². The second kappa shape index (κ2) is 2.54. The zero-order chi connectivity index (χ0) is 8.48. The Labute approximate surface area is 67.2 Å². The summed E-state index contributed by atoms with van der Waals surface area (Å²) in [7, 11) is 0. The molecule has 1 atom stereocenters. The summed E-state index contributed by atoms with van der Waals surface area (Å²) in [5, 5.41) is 10.6. The number of allylic oxidation sites excluding steroid dienone is 2. The molecule has 1 unspecified atom stereocenters. The molecule has 0 aromatic rings. The topological polar surface area (TPSA) is 49.3 Å². The fourth-order valence-corrected chi connectivity index (χ4v) is 0.769. The molecule has 2 N–H and O–H groups in total. The van der Waals surface area contributed by atoms with Crippen LogP contribution in [0.15, 0.2) is 24.2 Å². The van der Waals surface area contributed by atoms with Gasteiger partial charge in [-0.3, -0.25) is 0 Å². The molecule has 0 amide bonds. The molecule has 11 heavy (non-hydrogen) atoms. The molecule has 1 heterocycles. The molecule has 0 radical (unpaired) electrons. The van der Waals surface area contributed by atoms with Crippen LogP contribution >= 0.6 is 11.6 Å². The number of aliphatic carboxylic acids is 1. The lowest BCUT2D eigenvalue weighted by Crippen LogP contribution is -2.46. The van der Waals surface area contributed by atoms with Crippen LogP contribution < -0.4 is 5.32 Å². The number of halogens is 2. The first kappa shape index (κ1) is 8.07. The number of hydrogen-bond acceptors (Lipinski definition) is 2. The zero-order valence-corrected chi connectivity index (χ0v) is 6.10. The molecule has 0 aromatic carbocycles. The Morgan fingerprint density at radius 1 is 1.82 bits per heavy atom. The van der Waals surface area contributed by atoms with Crippen molar-refractivity contribution in [3.05, 3.63) is 24.2 Å². The first-order chi connectivity index (χ1) is 5.07. The third kappa shape index (κ3) is 1.21. The van der Waals surface area contributed by atoms with Crippen LogP contribution in [0.4, 0.5) is 4.39 Å². The number of carboxylic acid groups (broad SMARTS) is 1. The van der Waals surface area contributed by atoms with Crippen LogP contribution in [-0.2, 0) is 4.79 Å². The number of hydrogen-bond donors (Lipinski definition) is 2. The van der Waals surface area contributed by atoms with Gasteiger partial charge in [-0.25, -0.2) is 9.18 Å². The summed E-state index contributed by atoms with van der Waals surface area (Å²) in [6, 6.07) is 0. The smallest absolute Gasteiger partial charge is 0.352 e. The minimum atomic E-state index is -2.12. The second-order valence-corrected chi connectivity index (χ2v) is 2.55. The van der Waals surface area contributed by atoms with Crippen LogP contribution in [0.3, 0.4) is 0 Å². The molecule has 0 fully saturated rings. The number of carboxylic acids is 1. The van der Waals surface area contributed by atoms with Crippen molar-refractivity contribution in [1.29, 1.82) is 0 Å². The van der Waals surface area contributed by atoms with Crippen molar-refractivity contribution in [2.45, 2.75) is 5.00 Å². The van der Waals surface area contributed by atoms with Gasteiger partial charge in [-0.15, -0.1) is 0 Å². The summed E-state index contributed by atoms with van der Waals surface area (Å²) in [5.74, 6) is -2.38. The van der Waals surface area contributed by atoms with Gasteiger partial charge in [0, 0.05) is 0 Å². The Kier molecular flexibility index (Phi) is 1.87. The summed E-state index contributed by atoms with van der Waals surface area (Å²) in [6.07, 6.45) is 3.60. The molecule has 1 rings (SSSR count). The van der Waals surface area contributed by atoms with Crippen molar-refractivity contribution in [2.24, 2.45) is 0 Å². The summed E-state index contributed by atoms with van der Waals surface area (Å²) < 4.78 is 12.7. The molecular weight excluding hydrogens is 173 g/mol. The van der Waals surface area contributed by atoms with Gasteiger partial charge in [0.05, 0.1) is 0 Å². The summed E-state index contributed by atoms with van der Waals surface area (Å²) >= 11 is 5.36. The Morgan fingerprint density at radius 3 is 2.82 bits per heavy atom. The van der Waals surface area contributed by atoms with Gasteiger partial charge in [-0.2, -0.15) is 0 Å². The fraction of sp³-hybridized carbons (Fsp3) is 0.167. The number of nitrogens with one attached hydrogen (secondary N) is 1. The van der Waals surface area contributed by atoms with Gasteiger partial charge in [0.1, 0.15) is 0 Å². The minimum absolute atomic E-state index is 0.922. The van der Waals surface area contributed by atoms with E-state index >= 15 is 0 Å². The first-order valence-electron chi connectivity index (χ1n) is 2.80. The minimum Gasteiger partial charge on any atom is -0.478 e. The molecule has 0 saturated carbocycles. The van der Waals surface area contributed by atoms with Crippen LogP contribution in [0.2, 0.25) is 0 Å². The van der Waals surface area contributed by atoms with E-state index in [2.05, 4.69) is 5.32 Å². The fourth-order valence-electron chi connectivity index (χ4n) is 0.643. The Hall–Kier alpha value is -1.03. The molecule has 3 nitrogen and oxygen atoms in total. The van der Waals surface area contributed by atoms with E-state index in [1.165, 1.54) is 12.3 Å². The maximum Gasteiger partial charge on any atom is 0.352 e. The molecule has 0 saturated heterocycles. The van der Waals surface area contributed by atoms with Gasteiger partial charge in [0.25, 0.3) is 5.00 Å². The van der Waals surface area contributed by atoms with Gasteiger partial charge in [-0.05, 0) is 18.4 Å². The van der Waals surface area contributed by atoms with E-state index in [1.807, 2.05) is 0 Å². The quantitative estimate of drug-likeness (QED) is 0.464. The lowest BCUT2D eigenvalue weighted by molar-refractivity contribution is -0.140. The largest absolute Gasteiger partial charge is 0.478 e. The van der Waals surface area contributed by atoms with Crippen LogP contribution in [0.1, 0.15) is 0 Å². The van der Waals surface area contributed by atoms with E-state index in [-0.39, 0.29) is 0 Å². The highest BCUT2D eigenvalue weighted by Gasteiger charge is 2.41. The highest BCUT2D eigenvalue weighted by atomic mass is 35.5. The van der Waals surface area contributed by atoms with E-state index in [1.54, 1.807) is 0 Å². The molecule has 0 aliphatic carbocycles. The normalized spacial score (nSPS) is 29.1. The zero-order valence-electron chi connectivity index (χ0n) is 5.34. The molecule has 1 aliphatic rings. The van der Waals surface area contributed by atoms with Crippen molar-refractivity contribution in [1.82, 2.24) is 5.32 Å². The third-order valence-electron chi connectivity index (χ3n) is 1.24. The van der Waals surface area contributed by atoms with E-state index in [4.69, 9.17) is 16.7 Å². The van der Waals surface area contributed by atoms with Crippen molar-refractivity contribution < 1.29 is 14.3 Å². The molecule has 60 valence electrons. The Bertz CT molecular complexity index is 251. The van der Waals surface area contributed by atoms with Gasteiger partial charge < -0.3 is 10.4 Å². The first-order valence-corrected chi connectivity index (χ1v) is 3.18. The van der Waals surface area contributed by atoms with Gasteiger partial charge in [0.15, 0.2) is 5.83 Å². The van der Waals surface area contributed by atoms with Crippen LogP contribution in [0.25, 0.3) is 0 Å². The van der Waals surface area contributed by atoms with Crippen LogP contribution in [-0.4, -0.2) is 16.1 Å². The third-order valence-corrected chi connectivity index (χ3v) is 1.70. The maximum atomic E-state index is 12.7. The highest BCUT2D eigenvalue weighted by molar-refractivity contribution is 6.35. The lowest BCUT2D eigenvalue weighted by atomic mass is 10.2. The van der Waals surface area contributed by atoms with Crippen molar-refractivity contribution in [3.8, 4) is 0 Å². The average Bonchev–Trinajstić information content (AvgIpc) is 1.95. The standard InChI is InChI=1S/C6H5ClFNO2/c7-6(5(10)11)4(8)2-1-3-9-6/h1-3,9H,(H,10,11). The van der Waals surface area contributed by atoms with Gasteiger partial charge >= 0.3 is 5.97 Å². The van der Waals surface area contributed by atoms with E-state index in [0.717, 1.165) is 6.08 Å². The second-order valence-electron chi connectivity index (χ2n) is 1.98. The van der Waals surface area contributed by atoms with E-state index in [9.17, 15) is 9.18 Å². The Balaban J connectivity index is 2.97.